The van der Waals surface area contributed by atoms with Gasteiger partial charge in [-0.2, -0.15) is 0 Å². The molecular weight excluding hydrogens is 276 g/mol. The predicted octanol–water partition coefficient (Wildman–Crippen LogP) is 5.90. The maximum absolute atomic E-state index is 9.73. The molecular formula is C19H32O3. The number of allylic oxidation sites excluding steroid dienone is 5. The maximum atomic E-state index is 9.73. The largest absolute Gasteiger partial charge is 0.456 e. The molecule has 3 heteroatoms. The standard InChI is InChI=1S/C15H20O3.2C2H6/c1-4-7-12(8-5-2)13-9-10-14(18-13)15(16)17-11-6-3;2*1-2/h4-5,7-10,15-16H,1,6,11H2,2-3H3;2*1-2H3/b8-5-,12-7+;;. The molecule has 0 spiro atoms. The highest BCUT2D eigenvalue weighted by molar-refractivity contribution is 5.71. The average Bonchev–Trinajstić information content (AvgIpc) is 3.06. The predicted molar refractivity (Wildman–Crippen MR) is 95.6 cm³/mol. The first-order valence-electron chi connectivity index (χ1n) is 8.08. The van der Waals surface area contributed by atoms with E-state index in [1.54, 1.807) is 12.1 Å². The Bertz CT molecular complexity index is 428. The fourth-order valence-corrected chi connectivity index (χ4v) is 1.48. The lowest BCUT2D eigenvalue weighted by Crippen LogP contribution is -2.02. The van der Waals surface area contributed by atoms with Gasteiger partial charge in [0.25, 0.3) is 0 Å². The molecule has 1 rings (SSSR count). The van der Waals surface area contributed by atoms with Gasteiger partial charge in [0.2, 0.25) is 6.29 Å². The molecule has 0 aliphatic carbocycles. The fourth-order valence-electron chi connectivity index (χ4n) is 1.48. The fraction of sp³-hybridized carbons (Fsp3) is 0.474. The first kappa shape index (κ1) is 22.7. The molecule has 0 saturated heterocycles. The smallest absolute Gasteiger partial charge is 0.214 e. The minimum Gasteiger partial charge on any atom is -0.456 e. The van der Waals surface area contributed by atoms with Crippen molar-refractivity contribution in [1.82, 2.24) is 0 Å². The molecule has 0 aliphatic heterocycles. The number of aliphatic hydroxyl groups is 1. The summed E-state index contributed by atoms with van der Waals surface area (Å²) in [6.45, 7) is 16.1. The lowest BCUT2D eigenvalue weighted by Gasteiger charge is -2.07. The first-order valence-corrected chi connectivity index (χ1v) is 8.08. The highest BCUT2D eigenvalue weighted by Crippen LogP contribution is 2.23. The zero-order chi connectivity index (χ0) is 17.4. The van der Waals surface area contributed by atoms with Crippen LogP contribution in [-0.4, -0.2) is 11.7 Å². The summed E-state index contributed by atoms with van der Waals surface area (Å²) >= 11 is 0. The van der Waals surface area contributed by atoms with Crippen molar-refractivity contribution < 1.29 is 14.3 Å². The second kappa shape index (κ2) is 15.8. The van der Waals surface area contributed by atoms with Crippen LogP contribution in [0.5, 0.6) is 0 Å². The van der Waals surface area contributed by atoms with Crippen LogP contribution in [0.4, 0.5) is 0 Å². The number of ether oxygens (including phenoxy) is 1. The third-order valence-electron chi connectivity index (χ3n) is 2.28. The van der Waals surface area contributed by atoms with Crippen LogP contribution in [0.1, 0.15) is 65.8 Å². The number of hydrogen-bond acceptors (Lipinski definition) is 3. The molecule has 0 fully saturated rings. The van der Waals surface area contributed by atoms with Crippen LogP contribution in [0.15, 0.2) is 47.4 Å². The molecule has 0 radical (unpaired) electrons. The number of rotatable bonds is 7. The summed E-state index contributed by atoms with van der Waals surface area (Å²) in [5, 5.41) is 9.73. The van der Waals surface area contributed by atoms with Crippen molar-refractivity contribution in [2.24, 2.45) is 0 Å². The molecule has 22 heavy (non-hydrogen) atoms. The third kappa shape index (κ3) is 8.65. The van der Waals surface area contributed by atoms with Gasteiger partial charge in [-0.05, 0) is 25.5 Å². The summed E-state index contributed by atoms with van der Waals surface area (Å²) in [6.07, 6.45) is 7.23. The molecule has 0 saturated carbocycles. The summed E-state index contributed by atoms with van der Waals surface area (Å²) in [5.74, 6) is 1.10. The molecule has 3 nitrogen and oxygen atoms in total. The van der Waals surface area contributed by atoms with Crippen molar-refractivity contribution in [3.05, 3.63) is 54.5 Å². The maximum Gasteiger partial charge on any atom is 0.214 e. The van der Waals surface area contributed by atoms with Gasteiger partial charge in [0.05, 0.1) is 0 Å². The van der Waals surface area contributed by atoms with Crippen LogP contribution in [0.25, 0.3) is 5.57 Å². The summed E-state index contributed by atoms with van der Waals surface area (Å²) in [4.78, 5) is 0. The summed E-state index contributed by atoms with van der Waals surface area (Å²) in [7, 11) is 0. The van der Waals surface area contributed by atoms with E-state index in [9.17, 15) is 5.11 Å². The van der Waals surface area contributed by atoms with E-state index in [4.69, 9.17) is 9.15 Å². The van der Waals surface area contributed by atoms with Crippen molar-refractivity contribution in [3.8, 4) is 0 Å². The lowest BCUT2D eigenvalue weighted by molar-refractivity contribution is -0.114. The van der Waals surface area contributed by atoms with Gasteiger partial charge < -0.3 is 14.3 Å². The van der Waals surface area contributed by atoms with Gasteiger partial charge in [0, 0.05) is 12.2 Å². The van der Waals surface area contributed by atoms with E-state index in [0.717, 1.165) is 12.0 Å². The Morgan fingerprint density at radius 2 is 1.95 bits per heavy atom. The summed E-state index contributed by atoms with van der Waals surface area (Å²) in [6, 6.07) is 3.53. The van der Waals surface area contributed by atoms with E-state index in [0.29, 0.717) is 18.1 Å². The van der Waals surface area contributed by atoms with Crippen LogP contribution < -0.4 is 0 Å². The Morgan fingerprint density at radius 1 is 1.32 bits per heavy atom. The minimum absolute atomic E-state index is 0.415. The van der Waals surface area contributed by atoms with Crippen LogP contribution in [0.2, 0.25) is 0 Å². The van der Waals surface area contributed by atoms with E-state index in [1.165, 1.54) is 0 Å². The van der Waals surface area contributed by atoms with Crippen molar-refractivity contribution in [2.75, 3.05) is 6.61 Å². The topological polar surface area (TPSA) is 42.6 Å². The Labute approximate surface area is 136 Å². The van der Waals surface area contributed by atoms with Crippen molar-refractivity contribution in [3.63, 3.8) is 0 Å². The van der Waals surface area contributed by atoms with E-state index in [1.807, 2.05) is 65.8 Å². The molecule has 1 aromatic rings. The number of aliphatic hydroxyl groups excluding tert-OH is 1. The number of hydrogen-bond donors (Lipinski definition) is 1. The zero-order valence-corrected chi connectivity index (χ0v) is 14.9. The second-order valence-electron chi connectivity index (χ2n) is 3.78. The molecule has 126 valence electrons. The molecule has 1 atom stereocenters. The van der Waals surface area contributed by atoms with E-state index >= 15 is 0 Å². The first-order chi connectivity index (χ1) is 10.7. The van der Waals surface area contributed by atoms with Crippen molar-refractivity contribution >= 4 is 5.57 Å². The van der Waals surface area contributed by atoms with Gasteiger partial charge in [-0.25, -0.2) is 0 Å². The van der Waals surface area contributed by atoms with Gasteiger partial charge in [0.15, 0.2) is 5.76 Å². The SMILES string of the molecule is C=C/C=C(\C=C/C)c1ccc(C(O)OCCC)o1.CC.CC. The lowest BCUT2D eigenvalue weighted by atomic mass is 10.2. The molecule has 1 unspecified atom stereocenters. The molecule has 0 aromatic carbocycles. The van der Waals surface area contributed by atoms with Gasteiger partial charge in [0.1, 0.15) is 5.76 Å². The summed E-state index contributed by atoms with van der Waals surface area (Å²) < 4.78 is 10.8. The van der Waals surface area contributed by atoms with E-state index in [2.05, 4.69) is 6.58 Å². The van der Waals surface area contributed by atoms with Crippen LogP contribution in [0.3, 0.4) is 0 Å². The zero-order valence-electron chi connectivity index (χ0n) is 14.9. The van der Waals surface area contributed by atoms with Gasteiger partial charge in [-0.1, -0.05) is 65.5 Å². The Balaban J connectivity index is 0. The van der Waals surface area contributed by atoms with Gasteiger partial charge >= 0.3 is 0 Å². The Kier molecular flexibility index (Phi) is 16.3. The quantitative estimate of drug-likeness (QED) is 0.504. The molecule has 0 amide bonds. The monoisotopic (exact) mass is 308 g/mol. The summed E-state index contributed by atoms with van der Waals surface area (Å²) in [5.41, 5.74) is 0.904. The molecule has 1 heterocycles. The Morgan fingerprint density at radius 3 is 2.45 bits per heavy atom. The highest BCUT2D eigenvalue weighted by Gasteiger charge is 2.13. The second-order valence-corrected chi connectivity index (χ2v) is 3.78. The minimum atomic E-state index is -1.01. The van der Waals surface area contributed by atoms with Gasteiger partial charge in [-0.3, -0.25) is 0 Å². The van der Waals surface area contributed by atoms with Gasteiger partial charge in [-0.15, -0.1) is 0 Å². The average molecular weight is 308 g/mol. The van der Waals surface area contributed by atoms with E-state index < -0.39 is 6.29 Å². The van der Waals surface area contributed by atoms with Crippen molar-refractivity contribution in [2.45, 2.75) is 54.3 Å². The molecule has 1 N–H and O–H groups in total. The van der Waals surface area contributed by atoms with E-state index in [-0.39, 0.29) is 0 Å². The van der Waals surface area contributed by atoms with Crippen LogP contribution in [0, 0.1) is 0 Å². The normalized spacial score (nSPS) is 12.0. The molecule has 0 bridgehead atoms. The number of furan rings is 1. The van der Waals surface area contributed by atoms with Crippen LogP contribution in [-0.2, 0) is 4.74 Å². The van der Waals surface area contributed by atoms with Crippen LogP contribution >= 0.6 is 0 Å². The highest BCUT2D eigenvalue weighted by atomic mass is 16.6. The molecule has 1 aromatic heterocycles. The molecule has 0 aliphatic rings. The van der Waals surface area contributed by atoms with Crippen molar-refractivity contribution in [1.29, 1.82) is 0 Å². The Hall–Kier alpha value is -1.58. The third-order valence-corrected chi connectivity index (χ3v) is 2.28.